The summed E-state index contributed by atoms with van der Waals surface area (Å²) in [5.41, 5.74) is -0.559. The summed E-state index contributed by atoms with van der Waals surface area (Å²) >= 11 is 0. The van der Waals surface area contributed by atoms with Crippen LogP contribution in [0.1, 0.15) is 38.5 Å². The molecule has 0 radical (unpaired) electrons. The van der Waals surface area contributed by atoms with Crippen LogP contribution in [0.4, 0.5) is 13.2 Å². The highest BCUT2D eigenvalue weighted by Crippen LogP contribution is 2.34. The normalized spacial score (nSPS) is 21.2. The number of hydrogen-bond acceptors (Lipinski definition) is 2. The van der Waals surface area contributed by atoms with Gasteiger partial charge in [0.15, 0.2) is 0 Å². The summed E-state index contributed by atoms with van der Waals surface area (Å²) in [6.45, 7) is -0.724. The third-order valence-corrected chi connectivity index (χ3v) is 3.38. The Morgan fingerprint density at radius 3 is 2.12 bits per heavy atom. The van der Waals surface area contributed by atoms with E-state index in [0.717, 1.165) is 44.8 Å². The quantitative estimate of drug-likeness (QED) is 0.565. The van der Waals surface area contributed by atoms with Crippen LogP contribution in [0.15, 0.2) is 0 Å². The number of carbonyl (C=O) groups excluding carboxylic acids is 1. The van der Waals surface area contributed by atoms with Gasteiger partial charge in [-0.05, 0) is 19.9 Å². The van der Waals surface area contributed by atoms with Gasteiger partial charge in [-0.3, -0.25) is 4.90 Å². The highest BCUT2D eigenvalue weighted by Gasteiger charge is 2.35. The molecular weight excluding hydrogens is 231 g/mol. The van der Waals surface area contributed by atoms with E-state index in [9.17, 15) is 18.0 Å². The van der Waals surface area contributed by atoms with E-state index in [4.69, 9.17) is 0 Å². The van der Waals surface area contributed by atoms with Gasteiger partial charge in [0, 0.05) is 12.0 Å². The minimum absolute atomic E-state index is 0.218. The van der Waals surface area contributed by atoms with Gasteiger partial charge in [-0.25, -0.2) is 0 Å². The summed E-state index contributed by atoms with van der Waals surface area (Å²) < 4.78 is 36.7. The molecule has 0 aromatic carbocycles. The molecule has 0 spiro atoms. The largest absolute Gasteiger partial charge is 0.401 e. The zero-order valence-electron chi connectivity index (χ0n) is 10.2. The lowest BCUT2D eigenvalue weighted by molar-refractivity contribution is -0.147. The number of nitrogens with zero attached hydrogens (tertiary/aromatic N) is 1. The van der Waals surface area contributed by atoms with Crippen LogP contribution in [0.3, 0.4) is 0 Å². The van der Waals surface area contributed by atoms with Crippen molar-refractivity contribution in [2.24, 2.45) is 5.41 Å². The Bertz CT molecular complexity index is 245. The number of alkyl halides is 3. The molecule has 2 nitrogen and oxygen atoms in total. The molecule has 1 rings (SSSR count). The molecule has 17 heavy (non-hydrogen) atoms. The van der Waals surface area contributed by atoms with Crippen molar-refractivity contribution in [3.8, 4) is 0 Å². The smallest absolute Gasteiger partial charge is 0.303 e. The molecule has 0 heterocycles. The van der Waals surface area contributed by atoms with Crippen molar-refractivity contribution in [2.75, 3.05) is 20.1 Å². The minimum atomic E-state index is -4.19. The first-order valence-corrected chi connectivity index (χ1v) is 6.09. The molecule has 1 aliphatic rings. The van der Waals surface area contributed by atoms with Crippen LogP contribution in [0.2, 0.25) is 0 Å². The van der Waals surface area contributed by atoms with E-state index in [2.05, 4.69) is 0 Å². The average Bonchev–Trinajstić information content (AvgIpc) is 2.41. The van der Waals surface area contributed by atoms with Crippen molar-refractivity contribution in [3.63, 3.8) is 0 Å². The van der Waals surface area contributed by atoms with E-state index in [1.54, 1.807) is 0 Å². The zero-order valence-corrected chi connectivity index (χ0v) is 10.2. The van der Waals surface area contributed by atoms with Crippen molar-refractivity contribution in [3.05, 3.63) is 0 Å². The maximum absolute atomic E-state index is 12.2. The Hall–Kier alpha value is -0.580. The molecule has 0 bridgehead atoms. The van der Waals surface area contributed by atoms with Crippen LogP contribution in [-0.4, -0.2) is 37.5 Å². The first kappa shape index (κ1) is 14.5. The standard InChI is InChI=1S/C12H20F3NO/c1-16(9-12(13,14)15)8-11(10-17)6-4-2-3-5-7-11/h10H,2-9H2,1H3. The summed E-state index contributed by atoms with van der Waals surface area (Å²) in [5, 5.41) is 0. The van der Waals surface area contributed by atoms with E-state index in [-0.39, 0.29) is 6.54 Å². The van der Waals surface area contributed by atoms with Gasteiger partial charge in [-0.15, -0.1) is 0 Å². The Kier molecular flexibility index (Phi) is 4.98. The van der Waals surface area contributed by atoms with Crippen LogP contribution in [0, 0.1) is 5.41 Å². The Morgan fingerprint density at radius 1 is 1.18 bits per heavy atom. The second-order valence-electron chi connectivity index (χ2n) is 5.18. The van der Waals surface area contributed by atoms with Gasteiger partial charge >= 0.3 is 6.18 Å². The fourth-order valence-corrected chi connectivity index (χ4v) is 2.65. The van der Waals surface area contributed by atoms with Gasteiger partial charge in [0.2, 0.25) is 0 Å². The fourth-order valence-electron chi connectivity index (χ4n) is 2.65. The molecular formula is C12H20F3NO. The highest BCUT2D eigenvalue weighted by molar-refractivity contribution is 5.59. The molecule has 0 unspecified atom stereocenters. The Labute approximate surface area is 100 Å². The van der Waals surface area contributed by atoms with E-state index in [1.165, 1.54) is 11.9 Å². The van der Waals surface area contributed by atoms with E-state index in [1.807, 2.05) is 0 Å². The molecule has 0 aromatic heterocycles. The third-order valence-electron chi connectivity index (χ3n) is 3.38. The molecule has 1 saturated carbocycles. The molecule has 0 saturated heterocycles. The molecule has 0 aromatic rings. The van der Waals surface area contributed by atoms with Crippen LogP contribution >= 0.6 is 0 Å². The van der Waals surface area contributed by atoms with Crippen LogP contribution < -0.4 is 0 Å². The van der Waals surface area contributed by atoms with Crippen LogP contribution in [0.5, 0.6) is 0 Å². The minimum Gasteiger partial charge on any atom is -0.303 e. The SMILES string of the molecule is CN(CC(F)(F)F)CC1(C=O)CCCCCC1. The summed E-state index contributed by atoms with van der Waals surface area (Å²) in [6, 6.07) is 0. The number of rotatable bonds is 4. The van der Waals surface area contributed by atoms with Crippen LogP contribution in [0.25, 0.3) is 0 Å². The van der Waals surface area contributed by atoms with Gasteiger partial charge in [0.25, 0.3) is 0 Å². The van der Waals surface area contributed by atoms with Crippen LogP contribution in [-0.2, 0) is 4.79 Å². The van der Waals surface area contributed by atoms with Gasteiger partial charge in [-0.1, -0.05) is 25.7 Å². The fraction of sp³-hybridized carbons (Fsp3) is 0.917. The van der Waals surface area contributed by atoms with Crippen molar-refractivity contribution < 1.29 is 18.0 Å². The van der Waals surface area contributed by atoms with E-state index < -0.39 is 18.1 Å². The first-order chi connectivity index (χ1) is 7.87. The summed E-state index contributed by atoms with van der Waals surface area (Å²) in [4.78, 5) is 12.4. The number of aldehydes is 1. The topological polar surface area (TPSA) is 20.3 Å². The van der Waals surface area contributed by atoms with Gasteiger partial charge < -0.3 is 4.79 Å². The Morgan fingerprint density at radius 2 is 1.71 bits per heavy atom. The predicted octanol–water partition coefficient (Wildman–Crippen LogP) is 3.02. The number of carbonyl (C=O) groups is 1. The lowest BCUT2D eigenvalue weighted by atomic mass is 9.81. The lowest BCUT2D eigenvalue weighted by Crippen LogP contribution is -2.41. The van der Waals surface area contributed by atoms with Crippen molar-refractivity contribution in [1.82, 2.24) is 4.90 Å². The second kappa shape index (κ2) is 5.85. The molecule has 0 amide bonds. The van der Waals surface area contributed by atoms with E-state index in [0.29, 0.717) is 0 Å². The number of hydrogen-bond donors (Lipinski definition) is 0. The highest BCUT2D eigenvalue weighted by atomic mass is 19.4. The van der Waals surface area contributed by atoms with Crippen molar-refractivity contribution in [1.29, 1.82) is 0 Å². The number of halogens is 3. The molecule has 0 atom stereocenters. The molecule has 1 aliphatic carbocycles. The maximum Gasteiger partial charge on any atom is 0.401 e. The lowest BCUT2D eigenvalue weighted by Gasteiger charge is -2.31. The Balaban J connectivity index is 2.57. The zero-order chi connectivity index (χ0) is 12.9. The first-order valence-electron chi connectivity index (χ1n) is 6.09. The molecule has 5 heteroatoms. The van der Waals surface area contributed by atoms with Gasteiger partial charge in [0.05, 0.1) is 6.54 Å². The monoisotopic (exact) mass is 251 g/mol. The van der Waals surface area contributed by atoms with E-state index >= 15 is 0 Å². The summed E-state index contributed by atoms with van der Waals surface area (Å²) in [7, 11) is 1.43. The molecule has 100 valence electrons. The molecule has 0 N–H and O–H groups in total. The molecule has 1 fully saturated rings. The van der Waals surface area contributed by atoms with Gasteiger partial charge in [-0.2, -0.15) is 13.2 Å². The predicted molar refractivity (Wildman–Crippen MR) is 59.8 cm³/mol. The summed E-state index contributed by atoms with van der Waals surface area (Å²) in [6.07, 6.45) is 2.18. The van der Waals surface area contributed by atoms with Crippen molar-refractivity contribution in [2.45, 2.75) is 44.7 Å². The third kappa shape index (κ3) is 5.06. The maximum atomic E-state index is 12.2. The van der Waals surface area contributed by atoms with Gasteiger partial charge in [0.1, 0.15) is 6.29 Å². The summed E-state index contributed by atoms with van der Waals surface area (Å²) in [5.74, 6) is 0. The average molecular weight is 251 g/mol. The van der Waals surface area contributed by atoms with Crippen molar-refractivity contribution >= 4 is 6.29 Å². The second-order valence-corrected chi connectivity index (χ2v) is 5.18. The molecule has 0 aliphatic heterocycles.